The molecule has 3 aromatic rings. The van der Waals surface area contributed by atoms with Crippen molar-refractivity contribution in [3.63, 3.8) is 0 Å². The van der Waals surface area contributed by atoms with Gasteiger partial charge in [-0.05, 0) is 55.1 Å². The van der Waals surface area contributed by atoms with Crippen LogP contribution in [0.3, 0.4) is 0 Å². The highest BCUT2D eigenvalue weighted by Crippen LogP contribution is 2.35. The van der Waals surface area contributed by atoms with Crippen LogP contribution in [-0.2, 0) is 0 Å². The van der Waals surface area contributed by atoms with Crippen molar-refractivity contribution in [2.24, 2.45) is 0 Å². The SMILES string of the molecule is COc1ccc2c(c1)N(CCCCN1CCN(c3cccc4sccc34)CC1)CCO2.Cl. The number of hydrogen-bond donors (Lipinski definition) is 0. The Bertz CT molecular complexity index is 1020. The fraction of sp³-hybridized carbons (Fsp3) is 0.440. The second-order valence-electron chi connectivity index (χ2n) is 8.31. The van der Waals surface area contributed by atoms with E-state index in [1.54, 1.807) is 7.11 Å². The molecular formula is C25H32ClN3O2S. The van der Waals surface area contributed by atoms with Crippen molar-refractivity contribution in [1.29, 1.82) is 0 Å². The highest BCUT2D eigenvalue weighted by molar-refractivity contribution is 7.17. The lowest BCUT2D eigenvalue weighted by atomic mass is 10.1. The van der Waals surface area contributed by atoms with Crippen molar-refractivity contribution in [2.45, 2.75) is 12.8 Å². The van der Waals surface area contributed by atoms with Crippen molar-refractivity contribution >= 4 is 45.2 Å². The highest BCUT2D eigenvalue weighted by Gasteiger charge is 2.20. The summed E-state index contributed by atoms with van der Waals surface area (Å²) in [6.45, 7) is 8.51. The topological polar surface area (TPSA) is 28.2 Å². The van der Waals surface area contributed by atoms with Gasteiger partial charge < -0.3 is 19.3 Å². The van der Waals surface area contributed by atoms with E-state index in [9.17, 15) is 0 Å². The molecule has 0 radical (unpaired) electrons. The van der Waals surface area contributed by atoms with Crippen LogP contribution in [0.2, 0.25) is 0 Å². The molecule has 2 aliphatic rings. The lowest BCUT2D eigenvalue weighted by molar-refractivity contribution is 0.252. The minimum Gasteiger partial charge on any atom is -0.497 e. The van der Waals surface area contributed by atoms with E-state index >= 15 is 0 Å². The molecule has 0 atom stereocenters. The predicted octanol–water partition coefficient (Wildman–Crippen LogP) is 5.13. The monoisotopic (exact) mass is 473 g/mol. The van der Waals surface area contributed by atoms with Gasteiger partial charge in [-0.15, -0.1) is 23.7 Å². The third kappa shape index (κ3) is 4.92. The van der Waals surface area contributed by atoms with Crippen molar-refractivity contribution < 1.29 is 9.47 Å². The Balaban J connectivity index is 0.00000245. The number of ether oxygens (including phenoxy) is 2. The third-order valence-corrected chi connectivity index (χ3v) is 7.35. The summed E-state index contributed by atoms with van der Waals surface area (Å²) in [6, 6.07) is 15.1. The summed E-state index contributed by atoms with van der Waals surface area (Å²) in [5, 5.41) is 3.61. The van der Waals surface area contributed by atoms with E-state index in [0.717, 1.165) is 57.4 Å². The van der Waals surface area contributed by atoms with Gasteiger partial charge in [0, 0.05) is 54.6 Å². The van der Waals surface area contributed by atoms with Crippen molar-refractivity contribution in [3.8, 4) is 11.5 Å². The van der Waals surface area contributed by atoms with Gasteiger partial charge >= 0.3 is 0 Å². The summed E-state index contributed by atoms with van der Waals surface area (Å²) in [6.07, 6.45) is 2.43. The first-order valence-electron chi connectivity index (χ1n) is 11.3. The van der Waals surface area contributed by atoms with Crippen LogP contribution in [0.15, 0.2) is 47.8 Å². The van der Waals surface area contributed by atoms with E-state index in [2.05, 4.69) is 50.4 Å². The maximum atomic E-state index is 5.81. The molecule has 1 saturated heterocycles. The predicted molar refractivity (Wildman–Crippen MR) is 138 cm³/mol. The molecule has 1 fully saturated rings. The van der Waals surface area contributed by atoms with Crippen LogP contribution in [0.5, 0.6) is 11.5 Å². The van der Waals surface area contributed by atoms with Gasteiger partial charge in [0.2, 0.25) is 0 Å². The number of rotatable bonds is 7. The van der Waals surface area contributed by atoms with E-state index in [-0.39, 0.29) is 12.4 Å². The first-order chi connectivity index (χ1) is 15.3. The average molecular weight is 474 g/mol. The molecule has 2 aromatic carbocycles. The smallest absolute Gasteiger partial charge is 0.142 e. The molecule has 172 valence electrons. The van der Waals surface area contributed by atoms with E-state index in [1.807, 2.05) is 23.5 Å². The van der Waals surface area contributed by atoms with Crippen LogP contribution in [-0.4, -0.2) is 64.4 Å². The van der Waals surface area contributed by atoms with E-state index in [0.29, 0.717) is 0 Å². The number of hydrogen-bond acceptors (Lipinski definition) is 6. The number of anilines is 2. The molecule has 0 unspecified atom stereocenters. The second kappa shape index (κ2) is 10.6. The fourth-order valence-electron chi connectivity index (χ4n) is 4.72. The molecule has 32 heavy (non-hydrogen) atoms. The summed E-state index contributed by atoms with van der Waals surface area (Å²) in [5.74, 6) is 1.87. The molecule has 0 N–H and O–H groups in total. The molecule has 0 spiro atoms. The van der Waals surface area contributed by atoms with E-state index in [1.165, 1.54) is 40.8 Å². The average Bonchev–Trinajstić information content (AvgIpc) is 3.31. The van der Waals surface area contributed by atoms with E-state index in [4.69, 9.17) is 9.47 Å². The number of thiophene rings is 1. The number of nitrogens with zero attached hydrogens (tertiary/aromatic N) is 3. The van der Waals surface area contributed by atoms with Crippen LogP contribution in [0, 0.1) is 0 Å². The molecule has 7 heteroatoms. The lowest BCUT2D eigenvalue weighted by Gasteiger charge is -2.36. The maximum absolute atomic E-state index is 5.81. The first-order valence-corrected chi connectivity index (χ1v) is 12.2. The Kier molecular flexibility index (Phi) is 7.66. The van der Waals surface area contributed by atoms with Gasteiger partial charge in [0.05, 0.1) is 19.3 Å². The molecule has 3 heterocycles. The molecule has 5 rings (SSSR count). The van der Waals surface area contributed by atoms with Gasteiger partial charge in [0.25, 0.3) is 0 Å². The molecule has 0 aliphatic carbocycles. The van der Waals surface area contributed by atoms with Crippen LogP contribution in [0.4, 0.5) is 11.4 Å². The zero-order valence-electron chi connectivity index (χ0n) is 18.7. The molecular weight excluding hydrogens is 442 g/mol. The lowest BCUT2D eigenvalue weighted by Crippen LogP contribution is -2.46. The summed E-state index contributed by atoms with van der Waals surface area (Å²) in [5.41, 5.74) is 2.57. The van der Waals surface area contributed by atoms with Gasteiger partial charge in [-0.25, -0.2) is 0 Å². The second-order valence-corrected chi connectivity index (χ2v) is 9.26. The van der Waals surface area contributed by atoms with Crippen molar-refractivity contribution in [1.82, 2.24) is 4.90 Å². The molecule has 0 saturated carbocycles. The van der Waals surface area contributed by atoms with Crippen LogP contribution in [0.1, 0.15) is 12.8 Å². The van der Waals surface area contributed by atoms with Gasteiger partial charge in [-0.2, -0.15) is 0 Å². The number of methoxy groups -OCH3 is 1. The molecule has 5 nitrogen and oxygen atoms in total. The summed E-state index contributed by atoms with van der Waals surface area (Å²) >= 11 is 1.83. The fourth-order valence-corrected chi connectivity index (χ4v) is 5.52. The maximum Gasteiger partial charge on any atom is 0.142 e. The van der Waals surface area contributed by atoms with Gasteiger partial charge in [-0.3, -0.25) is 4.90 Å². The standard InChI is InChI=1S/C25H31N3O2S.ClH/c1-29-20-7-8-24-23(19-20)27(16-17-30-24)11-3-2-10-26-12-14-28(15-13-26)22-5-4-6-25-21(22)9-18-31-25;/h4-9,18-19H,2-3,10-17H2,1H3;1H. The van der Waals surface area contributed by atoms with Crippen LogP contribution < -0.4 is 19.3 Å². The van der Waals surface area contributed by atoms with E-state index < -0.39 is 0 Å². The number of halogens is 1. The number of piperazine rings is 1. The van der Waals surface area contributed by atoms with Crippen LogP contribution >= 0.6 is 23.7 Å². The summed E-state index contributed by atoms with van der Waals surface area (Å²) in [7, 11) is 1.72. The first kappa shape index (κ1) is 23.0. The number of unbranched alkanes of at least 4 members (excludes halogenated alkanes) is 1. The molecule has 0 bridgehead atoms. The van der Waals surface area contributed by atoms with Gasteiger partial charge in [0.1, 0.15) is 18.1 Å². The summed E-state index contributed by atoms with van der Waals surface area (Å²) < 4.78 is 12.6. The Labute approximate surface area is 200 Å². The minimum atomic E-state index is 0. The summed E-state index contributed by atoms with van der Waals surface area (Å²) in [4.78, 5) is 7.63. The van der Waals surface area contributed by atoms with Crippen LogP contribution in [0.25, 0.3) is 10.1 Å². The zero-order valence-corrected chi connectivity index (χ0v) is 20.3. The van der Waals surface area contributed by atoms with Gasteiger partial charge in [0.15, 0.2) is 0 Å². The Morgan fingerprint density at radius 1 is 0.938 bits per heavy atom. The molecule has 1 aromatic heterocycles. The molecule has 2 aliphatic heterocycles. The van der Waals surface area contributed by atoms with Crippen molar-refractivity contribution in [2.75, 3.05) is 69.3 Å². The Morgan fingerprint density at radius 3 is 2.62 bits per heavy atom. The third-order valence-electron chi connectivity index (χ3n) is 6.46. The Morgan fingerprint density at radius 2 is 1.78 bits per heavy atom. The largest absolute Gasteiger partial charge is 0.497 e. The zero-order chi connectivity index (χ0) is 21.0. The highest BCUT2D eigenvalue weighted by atomic mass is 35.5. The minimum absolute atomic E-state index is 0. The quantitative estimate of drug-likeness (QED) is 0.443. The van der Waals surface area contributed by atoms with Gasteiger partial charge in [-0.1, -0.05) is 6.07 Å². The number of fused-ring (bicyclic) bond motifs is 2. The normalized spacial score (nSPS) is 16.4. The molecule has 0 amide bonds. The number of benzene rings is 2. The van der Waals surface area contributed by atoms with Crippen molar-refractivity contribution in [3.05, 3.63) is 47.8 Å². The Hall–Kier alpha value is -2.15.